The van der Waals surface area contributed by atoms with Crippen LogP contribution in [-0.2, 0) is 0 Å². The van der Waals surface area contributed by atoms with Crippen LogP contribution < -0.4 is 10.2 Å². The second-order valence-corrected chi connectivity index (χ2v) is 10.2. The van der Waals surface area contributed by atoms with Crippen LogP contribution in [0.15, 0.2) is 48.1 Å². The van der Waals surface area contributed by atoms with E-state index in [1.54, 1.807) is 34.2 Å². The number of amides is 1. The molecule has 1 amide bonds. The average Bonchev–Trinajstić information content (AvgIpc) is 3.56. The summed E-state index contributed by atoms with van der Waals surface area (Å²) in [7, 11) is 0. The molecule has 1 atom stereocenters. The number of fused-ring (bicyclic) bond motifs is 1. The summed E-state index contributed by atoms with van der Waals surface area (Å²) in [5.74, 6) is -2.71. The SMILES string of the molecule is CCN(CC)[C@@H](C)CNC(=O)c1cc(-c2cnn3ccc(-c4cccs4)nc23)nc(N2CC(F)(F)C2)c1. The predicted octanol–water partition coefficient (Wildman–Crippen LogP) is 4.44. The molecule has 0 aromatic carbocycles. The Balaban J connectivity index is 1.50. The minimum Gasteiger partial charge on any atom is -0.350 e. The van der Waals surface area contributed by atoms with E-state index < -0.39 is 19.0 Å². The Morgan fingerprint density at radius 2 is 1.97 bits per heavy atom. The molecule has 1 saturated heterocycles. The normalized spacial score (nSPS) is 15.7. The number of rotatable bonds is 9. The maximum atomic E-state index is 13.7. The van der Waals surface area contributed by atoms with Gasteiger partial charge in [-0.05, 0) is 49.7 Å². The number of hydrogen-bond acceptors (Lipinski definition) is 7. The van der Waals surface area contributed by atoms with Crippen LogP contribution in [0.1, 0.15) is 31.1 Å². The van der Waals surface area contributed by atoms with Gasteiger partial charge in [0.15, 0.2) is 5.65 Å². The number of hydrogen-bond donors (Lipinski definition) is 1. The van der Waals surface area contributed by atoms with Gasteiger partial charge in [-0.15, -0.1) is 11.3 Å². The van der Waals surface area contributed by atoms with Crippen LogP contribution in [0, 0.1) is 0 Å². The molecule has 0 spiro atoms. The van der Waals surface area contributed by atoms with E-state index >= 15 is 0 Å². The lowest BCUT2D eigenvalue weighted by molar-refractivity contribution is -0.0266. The smallest absolute Gasteiger partial charge is 0.282 e. The maximum Gasteiger partial charge on any atom is 0.282 e. The molecule has 1 N–H and O–H groups in total. The molecule has 4 aromatic heterocycles. The summed E-state index contributed by atoms with van der Waals surface area (Å²) < 4.78 is 29.0. The molecule has 4 aromatic rings. The van der Waals surface area contributed by atoms with E-state index in [2.05, 4.69) is 41.1 Å². The van der Waals surface area contributed by atoms with Crippen molar-refractivity contribution in [1.29, 1.82) is 0 Å². The molecule has 0 saturated carbocycles. The number of aromatic nitrogens is 4. The van der Waals surface area contributed by atoms with Crippen LogP contribution in [0.5, 0.6) is 0 Å². The summed E-state index contributed by atoms with van der Waals surface area (Å²) >= 11 is 1.58. The van der Waals surface area contributed by atoms with Gasteiger partial charge < -0.3 is 10.2 Å². The van der Waals surface area contributed by atoms with Gasteiger partial charge in [-0.2, -0.15) is 5.10 Å². The topological polar surface area (TPSA) is 78.7 Å². The number of carbonyl (C=O) groups excluding carboxylic acids is 1. The second-order valence-electron chi connectivity index (χ2n) is 9.21. The number of likely N-dealkylation sites (N-methyl/N-ethyl adjacent to an activating group) is 1. The third-order valence-electron chi connectivity index (χ3n) is 6.65. The summed E-state index contributed by atoms with van der Waals surface area (Å²) in [6.45, 7) is 7.61. The number of alkyl halides is 2. The van der Waals surface area contributed by atoms with Crippen molar-refractivity contribution in [3.8, 4) is 21.8 Å². The first-order valence-electron chi connectivity index (χ1n) is 12.3. The standard InChI is InChI=1S/C26H29F2N7OS/c1-4-33(5-2)17(3)13-29-25(36)18-11-21(31-23(12-18)34-15-26(27,28)16-34)19-14-30-35-9-8-20(32-24(19)35)22-7-6-10-37-22/h6-12,14,17H,4-5,13,15-16H2,1-3H3,(H,29,36)/t17-/m0/s1. The Kier molecular flexibility index (Phi) is 6.91. The first-order chi connectivity index (χ1) is 17.8. The number of carbonyl (C=O) groups is 1. The van der Waals surface area contributed by atoms with Crippen molar-refractivity contribution in [2.45, 2.75) is 32.7 Å². The molecule has 5 heterocycles. The average molecular weight is 526 g/mol. The van der Waals surface area contributed by atoms with Crippen molar-refractivity contribution in [1.82, 2.24) is 29.8 Å². The van der Waals surface area contributed by atoms with Gasteiger partial charge in [-0.3, -0.25) is 9.69 Å². The maximum absolute atomic E-state index is 13.7. The number of anilines is 1. The molecule has 11 heteroatoms. The van der Waals surface area contributed by atoms with E-state index in [1.165, 1.54) is 4.90 Å². The van der Waals surface area contributed by atoms with Crippen LogP contribution in [0.3, 0.4) is 0 Å². The highest BCUT2D eigenvalue weighted by atomic mass is 32.1. The number of nitrogens with one attached hydrogen (secondary N) is 1. The quantitative estimate of drug-likeness (QED) is 0.348. The van der Waals surface area contributed by atoms with Crippen LogP contribution in [0.25, 0.3) is 27.5 Å². The molecule has 0 unspecified atom stereocenters. The van der Waals surface area contributed by atoms with Crippen LogP contribution in [0.2, 0.25) is 0 Å². The zero-order valence-electron chi connectivity index (χ0n) is 21.0. The summed E-state index contributed by atoms with van der Waals surface area (Å²) in [5, 5.41) is 9.38. The summed E-state index contributed by atoms with van der Waals surface area (Å²) in [6.07, 6.45) is 3.46. The van der Waals surface area contributed by atoms with Crippen molar-refractivity contribution < 1.29 is 13.6 Å². The number of thiophene rings is 1. The van der Waals surface area contributed by atoms with E-state index in [1.807, 2.05) is 29.8 Å². The molecule has 1 aliphatic heterocycles. The van der Waals surface area contributed by atoms with Crippen molar-refractivity contribution >= 4 is 28.7 Å². The highest BCUT2D eigenvalue weighted by molar-refractivity contribution is 7.13. The van der Waals surface area contributed by atoms with E-state index in [4.69, 9.17) is 4.98 Å². The summed E-state index contributed by atoms with van der Waals surface area (Å²) in [5.41, 5.74) is 2.81. The molecule has 0 radical (unpaired) electrons. The van der Waals surface area contributed by atoms with Crippen molar-refractivity contribution in [2.24, 2.45) is 0 Å². The first kappa shape index (κ1) is 25.2. The minimum absolute atomic E-state index is 0.160. The lowest BCUT2D eigenvalue weighted by atomic mass is 10.1. The third kappa shape index (κ3) is 5.19. The minimum atomic E-state index is -2.76. The van der Waals surface area contributed by atoms with Gasteiger partial charge in [-0.1, -0.05) is 19.9 Å². The number of nitrogens with zero attached hydrogens (tertiary/aromatic N) is 6. The Bertz CT molecular complexity index is 1390. The zero-order chi connectivity index (χ0) is 26.2. The molecule has 194 valence electrons. The largest absolute Gasteiger partial charge is 0.350 e. The van der Waals surface area contributed by atoms with Crippen molar-refractivity contribution in [3.05, 3.63) is 53.7 Å². The van der Waals surface area contributed by atoms with E-state index in [9.17, 15) is 13.6 Å². The van der Waals surface area contributed by atoms with Crippen molar-refractivity contribution in [3.63, 3.8) is 0 Å². The molecular formula is C26H29F2N7OS. The van der Waals surface area contributed by atoms with Gasteiger partial charge in [0.05, 0.1) is 41.1 Å². The Labute approximate surface area is 218 Å². The molecular weight excluding hydrogens is 496 g/mol. The molecule has 37 heavy (non-hydrogen) atoms. The zero-order valence-corrected chi connectivity index (χ0v) is 21.8. The van der Waals surface area contributed by atoms with Gasteiger partial charge in [-0.25, -0.2) is 23.3 Å². The molecule has 1 aliphatic rings. The van der Waals surface area contributed by atoms with Crippen LogP contribution in [-0.4, -0.2) is 75.1 Å². The predicted molar refractivity (Wildman–Crippen MR) is 141 cm³/mol. The number of pyridine rings is 1. The summed E-state index contributed by atoms with van der Waals surface area (Å²) in [6, 6.07) is 9.25. The highest BCUT2D eigenvalue weighted by Gasteiger charge is 2.44. The van der Waals surface area contributed by atoms with E-state index in [-0.39, 0.29) is 11.9 Å². The van der Waals surface area contributed by atoms with Gasteiger partial charge in [0.2, 0.25) is 0 Å². The van der Waals surface area contributed by atoms with Gasteiger partial charge in [0.1, 0.15) is 5.82 Å². The Hall–Kier alpha value is -3.44. The Morgan fingerprint density at radius 3 is 2.65 bits per heavy atom. The van der Waals surface area contributed by atoms with Gasteiger partial charge in [0.25, 0.3) is 11.8 Å². The second kappa shape index (κ2) is 10.1. The molecule has 0 aliphatic carbocycles. The van der Waals surface area contributed by atoms with E-state index in [0.717, 1.165) is 23.7 Å². The molecule has 5 rings (SSSR count). The first-order valence-corrected chi connectivity index (χ1v) is 13.2. The number of halogens is 2. The Morgan fingerprint density at radius 1 is 1.19 bits per heavy atom. The third-order valence-corrected chi connectivity index (χ3v) is 7.55. The highest BCUT2D eigenvalue weighted by Crippen LogP contribution is 2.34. The van der Waals surface area contributed by atoms with Gasteiger partial charge >= 0.3 is 0 Å². The summed E-state index contributed by atoms with van der Waals surface area (Å²) in [4.78, 5) is 27.4. The van der Waals surface area contributed by atoms with E-state index in [0.29, 0.717) is 34.8 Å². The van der Waals surface area contributed by atoms with Crippen LogP contribution >= 0.6 is 11.3 Å². The molecule has 1 fully saturated rings. The monoisotopic (exact) mass is 525 g/mol. The lowest BCUT2D eigenvalue weighted by Crippen LogP contribution is -2.56. The molecule has 0 bridgehead atoms. The fourth-order valence-corrected chi connectivity index (χ4v) is 5.25. The van der Waals surface area contributed by atoms with Crippen LogP contribution in [0.4, 0.5) is 14.6 Å². The fourth-order valence-electron chi connectivity index (χ4n) is 4.55. The lowest BCUT2D eigenvalue weighted by Gasteiger charge is -2.39. The van der Waals surface area contributed by atoms with Crippen molar-refractivity contribution in [2.75, 3.05) is 37.6 Å². The molecule has 8 nitrogen and oxygen atoms in total. The van der Waals surface area contributed by atoms with Gasteiger partial charge in [0, 0.05) is 24.3 Å². The fraction of sp³-hybridized carbons (Fsp3) is 0.385.